The van der Waals surface area contributed by atoms with Crippen molar-refractivity contribution in [3.05, 3.63) is 65.0 Å². The van der Waals surface area contributed by atoms with E-state index in [0.29, 0.717) is 5.56 Å². The lowest BCUT2D eigenvalue weighted by molar-refractivity contribution is -0.0499. The molecule has 2 nitrogen and oxygen atoms in total. The zero-order valence-corrected chi connectivity index (χ0v) is 12.1. The summed E-state index contributed by atoms with van der Waals surface area (Å²) in [5.74, 6) is -4.02. The number of benzene rings is 2. The normalized spacial score (nSPS) is 12.5. The molecule has 2 aromatic carbocycles. The lowest BCUT2D eigenvalue weighted by Crippen LogP contribution is -2.18. The lowest BCUT2D eigenvalue weighted by atomic mass is 10.1. The van der Waals surface area contributed by atoms with Crippen LogP contribution in [0.5, 0.6) is 5.75 Å². The van der Waals surface area contributed by atoms with Gasteiger partial charge in [0.2, 0.25) is 0 Å². The highest BCUT2D eigenvalue weighted by Gasteiger charge is 2.12. The Bertz CT molecular complexity index is 654. The van der Waals surface area contributed by atoms with Crippen molar-refractivity contribution in [2.75, 3.05) is 0 Å². The van der Waals surface area contributed by atoms with Crippen molar-refractivity contribution >= 4 is 0 Å². The SMILES string of the molecule is CC(NCc1cc(F)c(F)c(F)c1)c1cccc(OC(F)F)c1. The van der Waals surface area contributed by atoms with Gasteiger partial charge in [0.05, 0.1) is 0 Å². The maximum absolute atomic E-state index is 13.1. The molecule has 1 unspecified atom stereocenters. The summed E-state index contributed by atoms with van der Waals surface area (Å²) in [5.41, 5.74) is 0.888. The highest BCUT2D eigenvalue weighted by molar-refractivity contribution is 5.30. The second-order valence-electron chi connectivity index (χ2n) is 4.93. The number of ether oxygens (including phenoxy) is 1. The molecular formula is C16H14F5NO. The molecule has 0 aliphatic rings. The molecule has 0 saturated heterocycles. The minimum atomic E-state index is -2.92. The number of rotatable bonds is 6. The van der Waals surface area contributed by atoms with Gasteiger partial charge < -0.3 is 10.1 Å². The monoisotopic (exact) mass is 331 g/mol. The van der Waals surface area contributed by atoms with Crippen LogP contribution in [0.25, 0.3) is 0 Å². The first kappa shape index (κ1) is 17.2. The van der Waals surface area contributed by atoms with E-state index in [0.717, 1.165) is 12.1 Å². The Morgan fingerprint density at radius 3 is 2.30 bits per heavy atom. The standard InChI is InChI=1S/C16H14F5NO/c1-9(11-3-2-4-12(7-11)23-16(20)21)22-8-10-5-13(17)15(19)14(18)6-10/h2-7,9,16,22H,8H2,1H3. The fraction of sp³-hybridized carbons (Fsp3) is 0.250. The first-order valence-electron chi connectivity index (χ1n) is 6.78. The van der Waals surface area contributed by atoms with Gasteiger partial charge >= 0.3 is 6.61 Å². The fourth-order valence-corrected chi connectivity index (χ4v) is 2.06. The van der Waals surface area contributed by atoms with E-state index in [1.165, 1.54) is 12.1 Å². The summed E-state index contributed by atoms with van der Waals surface area (Å²) in [6, 6.07) is 7.59. The molecular weight excluding hydrogens is 317 g/mol. The largest absolute Gasteiger partial charge is 0.435 e. The number of hydrogen-bond acceptors (Lipinski definition) is 2. The van der Waals surface area contributed by atoms with Crippen molar-refractivity contribution in [2.24, 2.45) is 0 Å². The van der Waals surface area contributed by atoms with Crippen LogP contribution in [0.2, 0.25) is 0 Å². The highest BCUT2D eigenvalue weighted by atomic mass is 19.3. The van der Waals surface area contributed by atoms with Gasteiger partial charge in [0, 0.05) is 12.6 Å². The predicted octanol–water partition coefficient (Wildman–Crippen LogP) is 4.56. The summed E-state index contributed by atoms with van der Waals surface area (Å²) < 4.78 is 67.8. The summed E-state index contributed by atoms with van der Waals surface area (Å²) >= 11 is 0. The first-order chi connectivity index (χ1) is 10.9. The van der Waals surface area contributed by atoms with Crippen LogP contribution in [-0.2, 0) is 6.54 Å². The van der Waals surface area contributed by atoms with E-state index in [9.17, 15) is 22.0 Å². The Balaban J connectivity index is 2.03. The van der Waals surface area contributed by atoms with Gasteiger partial charge in [-0.2, -0.15) is 8.78 Å². The summed E-state index contributed by atoms with van der Waals surface area (Å²) in [4.78, 5) is 0. The molecule has 124 valence electrons. The third-order valence-electron chi connectivity index (χ3n) is 3.24. The van der Waals surface area contributed by atoms with E-state index < -0.39 is 24.1 Å². The van der Waals surface area contributed by atoms with Crippen LogP contribution in [-0.4, -0.2) is 6.61 Å². The number of nitrogens with one attached hydrogen (secondary N) is 1. The van der Waals surface area contributed by atoms with E-state index in [2.05, 4.69) is 10.1 Å². The minimum absolute atomic E-state index is 0.0185. The maximum Gasteiger partial charge on any atom is 0.387 e. The van der Waals surface area contributed by atoms with Crippen LogP contribution in [0.1, 0.15) is 24.1 Å². The van der Waals surface area contributed by atoms with Gasteiger partial charge in [-0.3, -0.25) is 0 Å². The Hall–Kier alpha value is -2.15. The molecule has 0 radical (unpaired) electrons. The third kappa shape index (κ3) is 4.66. The molecule has 2 rings (SSSR count). The van der Waals surface area contributed by atoms with Crippen molar-refractivity contribution in [3.8, 4) is 5.75 Å². The van der Waals surface area contributed by atoms with Crippen LogP contribution < -0.4 is 10.1 Å². The minimum Gasteiger partial charge on any atom is -0.435 e. The van der Waals surface area contributed by atoms with Gasteiger partial charge in [0.1, 0.15) is 5.75 Å². The lowest BCUT2D eigenvalue weighted by Gasteiger charge is -2.16. The van der Waals surface area contributed by atoms with Gasteiger partial charge in [-0.05, 0) is 42.3 Å². The number of halogens is 5. The van der Waals surface area contributed by atoms with Crippen molar-refractivity contribution in [3.63, 3.8) is 0 Å². The molecule has 0 aliphatic heterocycles. The molecule has 23 heavy (non-hydrogen) atoms. The van der Waals surface area contributed by atoms with Crippen LogP contribution in [0.3, 0.4) is 0 Å². The second-order valence-corrected chi connectivity index (χ2v) is 4.93. The molecule has 0 heterocycles. The maximum atomic E-state index is 13.1. The highest BCUT2D eigenvalue weighted by Crippen LogP contribution is 2.21. The molecule has 2 aromatic rings. The van der Waals surface area contributed by atoms with Gasteiger partial charge in [0.15, 0.2) is 17.5 Å². The van der Waals surface area contributed by atoms with Gasteiger partial charge in [-0.15, -0.1) is 0 Å². The van der Waals surface area contributed by atoms with Crippen LogP contribution in [0.4, 0.5) is 22.0 Å². The summed E-state index contributed by atoms with van der Waals surface area (Å²) in [6.45, 7) is -1.09. The molecule has 0 aliphatic carbocycles. The van der Waals surface area contributed by atoms with Gasteiger partial charge in [-0.25, -0.2) is 13.2 Å². The Kier molecular flexibility index (Phi) is 5.54. The fourth-order valence-electron chi connectivity index (χ4n) is 2.06. The van der Waals surface area contributed by atoms with E-state index >= 15 is 0 Å². The molecule has 1 atom stereocenters. The van der Waals surface area contributed by atoms with Crippen LogP contribution in [0, 0.1) is 17.5 Å². The van der Waals surface area contributed by atoms with E-state index in [-0.39, 0.29) is 23.9 Å². The average Bonchev–Trinajstić information content (AvgIpc) is 2.49. The van der Waals surface area contributed by atoms with Crippen molar-refractivity contribution in [1.82, 2.24) is 5.32 Å². The third-order valence-corrected chi connectivity index (χ3v) is 3.24. The molecule has 0 fully saturated rings. The molecule has 7 heteroatoms. The van der Waals surface area contributed by atoms with E-state index in [1.54, 1.807) is 19.1 Å². The molecule has 0 spiro atoms. The van der Waals surface area contributed by atoms with Crippen molar-refractivity contribution < 1.29 is 26.7 Å². The Morgan fingerprint density at radius 2 is 1.70 bits per heavy atom. The summed E-state index contributed by atoms with van der Waals surface area (Å²) in [7, 11) is 0. The Labute approximate surface area is 129 Å². The van der Waals surface area contributed by atoms with Gasteiger partial charge in [0.25, 0.3) is 0 Å². The number of alkyl halides is 2. The van der Waals surface area contributed by atoms with Gasteiger partial charge in [-0.1, -0.05) is 12.1 Å². The smallest absolute Gasteiger partial charge is 0.387 e. The molecule has 0 bridgehead atoms. The van der Waals surface area contributed by atoms with Crippen LogP contribution >= 0.6 is 0 Å². The van der Waals surface area contributed by atoms with Crippen molar-refractivity contribution in [1.29, 1.82) is 0 Å². The average molecular weight is 331 g/mol. The first-order valence-corrected chi connectivity index (χ1v) is 6.78. The summed E-state index contributed by atoms with van der Waals surface area (Å²) in [6.07, 6.45) is 0. The zero-order chi connectivity index (χ0) is 17.0. The van der Waals surface area contributed by atoms with E-state index in [4.69, 9.17) is 0 Å². The quantitative estimate of drug-likeness (QED) is 0.619. The molecule has 1 N–H and O–H groups in total. The molecule has 0 amide bonds. The zero-order valence-electron chi connectivity index (χ0n) is 12.1. The number of hydrogen-bond donors (Lipinski definition) is 1. The van der Waals surface area contributed by atoms with E-state index in [1.807, 2.05) is 0 Å². The van der Waals surface area contributed by atoms with Crippen LogP contribution in [0.15, 0.2) is 36.4 Å². The molecule has 0 aromatic heterocycles. The topological polar surface area (TPSA) is 21.3 Å². The molecule has 0 saturated carbocycles. The van der Waals surface area contributed by atoms with Crippen molar-refractivity contribution in [2.45, 2.75) is 26.1 Å². The second kappa shape index (κ2) is 7.41. The Morgan fingerprint density at radius 1 is 1.04 bits per heavy atom. The predicted molar refractivity (Wildman–Crippen MR) is 74.6 cm³/mol. The summed E-state index contributed by atoms with van der Waals surface area (Å²) in [5, 5.41) is 2.97.